The van der Waals surface area contributed by atoms with Crippen molar-refractivity contribution in [2.45, 2.75) is 6.42 Å². The Morgan fingerprint density at radius 2 is 1.68 bits per heavy atom. The lowest BCUT2D eigenvalue weighted by Crippen LogP contribution is -2.50. The topological polar surface area (TPSA) is 73.8 Å². The molecule has 3 amide bonds. The summed E-state index contributed by atoms with van der Waals surface area (Å²) in [7, 11) is 0. The van der Waals surface area contributed by atoms with Gasteiger partial charge >= 0.3 is 0 Å². The number of pyridine rings is 1. The van der Waals surface area contributed by atoms with E-state index in [4.69, 9.17) is 0 Å². The minimum Gasteiger partial charge on any atom is -0.336 e. The van der Waals surface area contributed by atoms with E-state index < -0.39 is 0 Å². The summed E-state index contributed by atoms with van der Waals surface area (Å²) in [4.78, 5) is 47.6. The maximum Gasteiger partial charge on any atom is 0.255 e. The third kappa shape index (κ3) is 2.76. The number of allylic oxidation sites excluding steroid dienone is 2. The van der Waals surface area contributed by atoms with Gasteiger partial charge < -0.3 is 4.90 Å². The number of hydrogen-bond donors (Lipinski definition) is 0. The number of amides is 3. The zero-order valence-corrected chi connectivity index (χ0v) is 15.7. The maximum absolute atomic E-state index is 12.8. The second-order valence-corrected chi connectivity index (χ2v) is 8.20. The fourth-order valence-corrected chi connectivity index (χ4v) is 5.27. The highest BCUT2D eigenvalue weighted by molar-refractivity contribution is 6.06. The van der Waals surface area contributed by atoms with E-state index >= 15 is 0 Å². The van der Waals surface area contributed by atoms with Crippen molar-refractivity contribution in [3.63, 3.8) is 0 Å². The molecule has 0 N–H and O–H groups in total. The smallest absolute Gasteiger partial charge is 0.255 e. The van der Waals surface area contributed by atoms with Crippen molar-refractivity contribution in [1.29, 1.82) is 0 Å². The van der Waals surface area contributed by atoms with Crippen LogP contribution in [0, 0.1) is 23.7 Å². The summed E-state index contributed by atoms with van der Waals surface area (Å²) >= 11 is 0. The van der Waals surface area contributed by atoms with E-state index in [1.165, 1.54) is 4.90 Å². The molecule has 5 rings (SSSR count). The predicted molar refractivity (Wildman–Crippen MR) is 101 cm³/mol. The second-order valence-electron chi connectivity index (χ2n) is 8.20. The molecule has 2 aliphatic carbocycles. The largest absolute Gasteiger partial charge is 0.336 e. The average Bonchev–Trinajstić information content (AvgIpc) is 3.41. The Hall–Kier alpha value is -2.54. The summed E-state index contributed by atoms with van der Waals surface area (Å²) in [6, 6.07) is 3.55. The monoisotopic (exact) mass is 380 g/mol. The summed E-state index contributed by atoms with van der Waals surface area (Å²) in [6.45, 7) is 3.93. The van der Waals surface area contributed by atoms with Crippen molar-refractivity contribution < 1.29 is 14.4 Å². The summed E-state index contributed by atoms with van der Waals surface area (Å²) in [5.74, 6) is 0.354. The summed E-state index contributed by atoms with van der Waals surface area (Å²) in [5, 5.41) is 0. The Morgan fingerprint density at radius 3 is 2.29 bits per heavy atom. The number of nitrogens with zero attached hydrogens (tertiary/aromatic N) is 4. The van der Waals surface area contributed by atoms with Crippen molar-refractivity contribution in [2.24, 2.45) is 23.7 Å². The van der Waals surface area contributed by atoms with Crippen LogP contribution in [0.4, 0.5) is 0 Å². The normalized spacial score (nSPS) is 31.7. The Balaban J connectivity index is 1.14. The van der Waals surface area contributed by atoms with Gasteiger partial charge in [0.1, 0.15) is 0 Å². The molecule has 1 saturated carbocycles. The summed E-state index contributed by atoms with van der Waals surface area (Å²) in [6.07, 6.45) is 8.47. The molecule has 146 valence electrons. The molecule has 0 aromatic carbocycles. The molecule has 2 aliphatic heterocycles. The third-order valence-electron chi connectivity index (χ3n) is 6.77. The van der Waals surface area contributed by atoms with Crippen molar-refractivity contribution in [2.75, 3.05) is 39.3 Å². The number of likely N-dealkylation sites (tertiary alicyclic amines) is 1. The van der Waals surface area contributed by atoms with E-state index in [9.17, 15) is 14.4 Å². The molecule has 7 heteroatoms. The molecule has 0 radical (unpaired) electrons. The van der Waals surface area contributed by atoms with Gasteiger partial charge in [0.05, 0.1) is 17.4 Å². The molecular weight excluding hydrogens is 356 g/mol. The lowest BCUT2D eigenvalue weighted by Gasteiger charge is -2.35. The average molecular weight is 380 g/mol. The lowest BCUT2D eigenvalue weighted by atomic mass is 9.85. The van der Waals surface area contributed by atoms with Gasteiger partial charge in [-0.25, -0.2) is 0 Å². The first kappa shape index (κ1) is 17.6. The Morgan fingerprint density at radius 1 is 1.00 bits per heavy atom. The summed E-state index contributed by atoms with van der Waals surface area (Å²) < 4.78 is 0. The van der Waals surface area contributed by atoms with Crippen LogP contribution in [0.3, 0.4) is 0 Å². The first-order valence-electron chi connectivity index (χ1n) is 10.1. The van der Waals surface area contributed by atoms with Crippen LogP contribution in [0.15, 0.2) is 36.7 Å². The zero-order chi connectivity index (χ0) is 19.3. The highest BCUT2D eigenvalue weighted by Gasteiger charge is 2.59. The van der Waals surface area contributed by atoms with Crippen LogP contribution in [0.1, 0.15) is 16.8 Å². The minimum atomic E-state index is -0.114. The molecule has 2 saturated heterocycles. The number of imide groups is 1. The number of carbonyl (C=O) groups excluding carboxylic acids is 3. The first-order chi connectivity index (χ1) is 13.6. The van der Waals surface area contributed by atoms with Crippen LogP contribution in [0.2, 0.25) is 0 Å². The van der Waals surface area contributed by atoms with E-state index in [-0.39, 0.29) is 41.4 Å². The van der Waals surface area contributed by atoms with Crippen molar-refractivity contribution in [3.05, 3.63) is 42.2 Å². The van der Waals surface area contributed by atoms with Crippen LogP contribution >= 0.6 is 0 Å². The van der Waals surface area contributed by atoms with Crippen LogP contribution in [-0.2, 0) is 9.59 Å². The van der Waals surface area contributed by atoms with Crippen LogP contribution < -0.4 is 0 Å². The van der Waals surface area contributed by atoms with Crippen molar-refractivity contribution in [3.8, 4) is 0 Å². The SMILES string of the molecule is O=C(c1cccnc1)N1CCN(CCN2C(=O)[C@@H]3[C@@H](C2=O)[C@H]2C=C[C@H]3C2)CC1. The molecule has 1 aromatic heterocycles. The number of carbonyl (C=O) groups is 3. The second kappa shape index (κ2) is 6.81. The number of rotatable bonds is 4. The van der Waals surface area contributed by atoms with Gasteiger partial charge in [-0.1, -0.05) is 12.2 Å². The van der Waals surface area contributed by atoms with Gasteiger partial charge in [-0.05, 0) is 30.4 Å². The fourth-order valence-electron chi connectivity index (χ4n) is 5.27. The van der Waals surface area contributed by atoms with E-state index in [2.05, 4.69) is 22.0 Å². The molecule has 2 bridgehead atoms. The van der Waals surface area contributed by atoms with Gasteiger partial charge in [-0.3, -0.25) is 29.2 Å². The first-order valence-corrected chi connectivity index (χ1v) is 10.1. The van der Waals surface area contributed by atoms with Gasteiger partial charge in [0.2, 0.25) is 11.8 Å². The van der Waals surface area contributed by atoms with E-state index in [0.717, 1.165) is 19.5 Å². The Bertz CT molecular complexity index is 801. The molecule has 4 atom stereocenters. The van der Waals surface area contributed by atoms with Gasteiger partial charge in [0.25, 0.3) is 5.91 Å². The number of hydrogen-bond acceptors (Lipinski definition) is 5. The molecule has 3 heterocycles. The van der Waals surface area contributed by atoms with Crippen LogP contribution in [0.5, 0.6) is 0 Å². The number of piperazine rings is 1. The standard InChI is InChI=1S/C21H24N4O3/c26-19(16-2-1-5-22-13-16)24-9-6-23(7-10-24)8-11-25-20(27)17-14-3-4-15(12-14)18(17)21(25)28/h1-5,13-15,17-18H,6-12H2/t14-,15-,17-,18-/m0/s1. The Kier molecular flexibility index (Phi) is 4.27. The summed E-state index contributed by atoms with van der Waals surface area (Å²) in [5.41, 5.74) is 0.610. The Labute approximate surface area is 164 Å². The van der Waals surface area contributed by atoms with Crippen molar-refractivity contribution in [1.82, 2.24) is 19.7 Å². The highest BCUT2D eigenvalue weighted by Crippen LogP contribution is 2.52. The zero-order valence-electron chi connectivity index (χ0n) is 15.7. The molecule has 0 unspecified atom stereocenters. The van der Waals surface area contributed by atoms with E-state index in [1.807, 2.05) is 4.90 Å². The number of fused-ring (bicyclic) bond motifs is 5. The van der Waals surface area contributed by atoms with Crippen LogP contribution in [0.25, 0.3) is 0 Å². The molecular formula is C21H24N4O3. The molecule has 0 spiro atoms. The van der Waals surface area contributed by atoms with Crippen molar-refractivity contribution >= 4 is 17.7 Å². The molecule has 4 aliphatic rings. The number of aromatic nitrogens is 1. The van der Waals surface area contributed by atoms with E-state index in [0.29, 0.717) is 31.7 Å². The van der Waals surface area contributed by atoms with Gasteiger partial charge in [0.15, 0.2) is 0 Å². The van der Waals surface area contributed by atoms with Gasteiger partial charge in [-0.15, -0.1) is 0 Å². The predicted octanol–water partition coefficient (Wildman–Crippen LogP) is 0.647. The molecule has 1 aromatic rings. The third-order valence-corrected chi connectivity index (χ3v) is 6.77. The van der Waals surface area contributed by atoms with Gasteiger partial charge in [0, 0.05) is 51.7 Å². The van der Waals surface area contributed by atoms with Crippen LogP contribution in [-0.4, -0.2) is 76.7 Å². The fraction of sp³-hybridized carbons (Fsp3) is 0.524. The highest BCUT2D eigenvalue weighted by atomic mass is 16.2. The molecule has 7 nitrogen and oxygen atoms in total. The maximum atomic E-state index is 12.8. The molecule has 3 fully saturated rings. The molecule has 28 heavy (non-hydrogen) atoms. The quantitative estimate of drug-likeness (QED) is 0.566. The minimum absolute atomic E-state index is 0.00782. The van der Waals surface area contributed by atoms with E-state index in [1.54, 1.807) is 24.5 Å². The van der Waals surface area contributed by atoms with Gasteiger partial charge in [-0.2, -0.15) is 0 Å². The lowest BCUT2D eigenvalue weighted by molar-refractivity contribution is -0.141.